The molecule has 0 aliphatic heterocycles. The summed E-state index contributed by atoms with van der Waals surface area (Å²) in [7, 11) is -4.67. The highest BCUT2D eigenvalue weighted by molar-refractivity contribution is 7.79. The van der Waals surface area contributed by atoms with Crippen LogP contribution in [-0.2, 0) is 10.4 Å². The average Bonchev–Trinajstić information content (AvgIpc) is 2.80. The number of phenols is 1. The fraction of sp³-hybridized carbons (Fsp3) is 0.720. The van der Waals surface area contributed by atoms with Crippen molar-refractivity contribution in [3.8, 4) is 11.5 Å². The summed E-state index contributed by atoms with van der Waals surface area (Å²) >= 11 is 0. The topological polar surface area (TPSA) is 159 Å². The Hall–Kier alpha value is -1.88. The highest BCUT2D eigenvalue weighted by Crippen LogP contribution is 2.23. The number of nitrogens with one attached hydrogen (secondary N) is 1. The number of aromatic hydroxyl groups is 1. The van der Waals surface area contributed by atoms with Crippen molar-refractivity contribution in [2.45, 2.75) is 110 Å². The van der Waals surface area contributed by atoms with Gasteiger partial charge in [0.15, 0.2) is 0 Å². The molecule has 0 aromatic heterocycles. The van der Waals surface area contributed by atoms with Gasteiger partial charge in [-0.1, -0.05) is 103 Å². The lowest BCUT2D eigenvalue weighted by Gasteiger charge is -2.09. The molecule has 0 heterocycles. The molecule has 0 unspecified atom stereocenters. The third-order valence-corrected chi connectivity index (χ3v) is 5.61. The Kier molecular flexibility index (Phi) is 20.3. The van der Waals surface area contributed by atoms with Crippen molar-refractivity contribution in [3.63, 3.8) is 0 Å². The minimum absolute atomic E-state index is 0.104. The van der Waals surface area contributed by atoms with Crippen LogP contribution >= 0.6 is 0 Å². The molecule has 9 nitrogen and oxygen atoms in total. The molecule has 1 amide bonds. The predicted octanol–water partition coefficient (Wildman–Crippen LogP) is 5.98. The van der Waals surface area contributed by atoms with Crippen molar-refractivity contribution < 1.29 is 32.2 Å². The van der Waals surface area contributed by atoms with E-state index in [0.717, 1.165) is 12.8 Å². The first-order valence-corrected chi connectivity index (χ1v) is 14.2. The van der Waals surface area contributed by atoms with Gasteiger partial charge < -0.3 is 9.84 Å². The second kappa shape index (κ2) is 21.4. The van der Waals surface area contributed by atoms with Gasteiger partial charge in [0.2, 0.25) is 0 Å². The summed E-state index contributed by atoms with van der Waals surface area (Å²) in [6.07, 6.45) is 21.5. The van der Waals surface area contributed by atoms with E-state index in [-0.39, 0.29) is 11.3 Å². The van der Waals surface area contributed by atoms with Crippen molar-refractivity contribution in [1.29, 1.82) is 0 Å². The van der Waals surface area contributed by atoms with E-state index in [0.29, 0.717) is 12.4 Å². The predicted molar refractivity (Wildman–Crippen MR) is 139 cm³/mol. The first-order valence-electron chi connectivity index (χ1n) is 12.9. The number of hydrogen-bond donors (Lipinski definition) is 5. The van der Waals surface area contributed by atoms with Gasteiger partial charge in [-0.3, -0.25) is 19.3 Å². The summed E-state index contributed by atoms with van der Waals surface area (Å²) in [4.78, 5) is 11.6. The molecule has 35 heavy (non-hydrogen) atoms. The summed E-state index contributed by atoms with van der Waals surface area (Å²) in [5, 5.41) is 9.68. The number of nitrogen functional groups attached to an aromatic ring is 1. The minimum atomic E-state index is -4.67. The Morgan fingerprint density at radius 2 is 1.23 bits per heavy atom. The molecule has 0 atom stereocenters. The zero-order valence-electron chi connectivity index (χ0n) is 21.2. The van der Waals surface area contributed by atoms with Crippen LogP contribution in [0, 0.1) is 0 Å². The van der Waals surface area contributed by atoms with Gasteiger partial charge >= 0.3 is 10.4 Å². The largest absolute Gasteiger partial charge is 0.507 e. The van der Waals surface area contributed by atoms with Gasteiger partial charge in [0, 0.05) is 0 Å². The maximum Gasteiger partial charge on any atom is 0.394 e. The molecule has 6 N–H and O–H groups in total. The molecule has 0 aliphatic carbocycles. The summed E-state index contributed by atoms with van der Waals surface area (Å²) in [6.45, 7) is 2.89. The van der Waals surface area contributed by atoms with Crippen molar-refractivity contribution in [2.24, 2.45) is 5.84 Å². The molecule has 10 heteroatoms. The second-order valence-corrected chi connectivity index (χ2v) is 9.65. The zero-order chi connectivity index (χ0) is 26.4. The first kappa shape index (κ1) is 33.1. The van der Waals surface area contributed by atoms with E-state index in [1.165, 1.54) is 102 Å². The highest BCUT2D eigenvalue weighted by Gasteiger charge is 2.11. The molecule has 0 aliphatic rings. The van der Waals surface area contributed by atoms with Crippen LogP contribution in [0.3, 0.4) is 0 Å². The number of carbonyl (C=O) groups is 1. The lowest BCUT2D eigenvalue weighted by Crippen LogP contribution is -2.30. The number of unbranched alkanes of at least 4 members (excludes halogenated alkanes) is 15. The van der Waals surface area contributed by atoms with Crippen LogP contribution in [0.5, 0.6) is 11.5 Å². The minimum Gasteiger partial charge on any atom is -0.507 e. The van der Waals surface area contributed by atoms with Gasteiger partial charge in [0.05, 0.1) is 12.2 Å². The van der Waals surface area contributed by atoms with Crippen LogP contribution in [0.15, 0.2) is 18.2 Å². The van der Waals surface area contributed by atoms with E-state index >= 15 is 0 Å². The summed E-state index contributed by atoms with van der Waals surface area (Å²) in [6, 6.07) is 4.63. The molecule has 1 rings (SSSR count). The van der Waals surface area contributed by atoms with Crippen molar-refractivity contribution in [3.05, 3.63) is 23.8 Å². The van der Waals surface area contributed by atoms with Gasteiger partial charge in [0.25, 0.3) is 5.91 Å². The summed E-state index contributed by atoms with van der Waals surface area (Å²) in [5.41, 5.74) is 2.15. The third kappa shape index (κ3) is 22.3. The molecule has 0 saturated heterocycles. The Morgan fingerprint density at radius 1 is 0.829 bits per heavy atom. The van der Waals surface area contributed by atoms with Gasteiger partial charge in [-0.15, -0.1) is 0 Å². The molecule has 0 spiro atoms. The van der Waals surface area contributed by atoms with Crippen molar-refractivity contribution in [2.75, 3.05) is 6.61 Å². The smallest absolute Gasteiger partial charge is 0.394 e. The Bertz CT molecular complexity index is 765. The number of phenolic OH excluding ortho intramolecular Hbond substituents is 1. The third-order valence-electron chi connectivity index (χ3n) is 5.61. The Balaban J connectivity index is 0.00000209. The molecule has 1 aromatic carbocycles. The molecule has 0 fully saturated rings. The lowest BCUT2D eigenvalue weighted by molar-refractivity contribution is 0.0950. The van der Waals surface area contributed by atoms with Crippen LogP contribution in [-0.4, -0.2) is 35.1 Å². The van der Waals surface area contributed by atoms with Crippen molar-refractivity contribution >= 4 is 16.3 Å². The average molecular weight is 519 g/mol. The number of ether oxygens (including phenoxy) is 1. The molecular formula is C25H46N2O7S. The Morgan fingerprint density at radius 3 is 1.63 bits per heavy atom. The van der Waals surface area contributed by atoms with Gasteiger partial charge in [-0.05, 0) is 24.6 Å². The van der Waals surface area contributed by atoms with Gasteiger partial charge in [0.1, 0.15) is 11.5 Å². The van der Waals surface area contributed by atoms with E-state index in [4.69, 9.17) is 28.1 Å². The van der Waals surface area contributed by atoms with Crippen LogP contribution < -0.4 is 16.0 Å². The first-order chi connectivity index (χ1) is 16.7. The number of rotatable bonds is 19. The number of carbonyl (C=O) groups excluding carboxylic acids is 1. The van der Waals surface area contributed by atoms with Crippen LogP contribution in [0.25, 0.3) is 0 Å². The number of amides is 1. The summed E-state index contributed by atoms with van der Waals surface area (Å²) in [5.74, 6) is 5.06. The molecule has 1 aromatic rings. The maximum absolute atomic E-state index is 11.6. The van der Waals surface area contributed by atoms with Crippen LogP contribution in [0.1, 0.15) is 120 Å². The molecule has 0 radical (unpaired) electrons. The van der Waals surface area contributed by atoms with E-state index < -0.39 is 16.3 Å². The normalized spacial score (nSPS) is 11.0. The zero-order valence-corrected chi connectivity index (χ0v) is 22.0. The van der Waals surface area contributed by atoms with E-state index in [2.05, 4.69) is 6.92 Å². The Labute approximate surface area is 211 Å². The molecule has 0 bridgehead atoms. The van der Waals surface area contributed by atoms with Gasteiger partial charge in [-0.2, -0.15) is 8.42 Å². The number of benzene rings is 1. The quantitative estimate of drug-likeness (QED) is 0.0491. The van der Waals surface area contributed by atoms with E-state index in [1.54, 1.807) is 6.07 Å². The fourth-order valence-corrected chi connectivity index (χ4v) is 3.70. The summed E-state index contributed by atoms with van der Waals surface area (Å²) < 4.78 is 37.3. The highest BCUT2D eigenvalue weighted by atomic mass is 32.3. The molecular weight excluding hydrogens is 472 g/mol. The van der Waals surface area contributed by atoms with Crippen molar-refractivity contribution in [1.82, 2.24) is 5.43 Å². The fourth-order valence-electron chi connectivity index (χ4n) is 3.70. The number of hydrogen-bond acceptors (Lipinski definition) is 6. The second-order valence-electron chi connectivity index (χ2n) is 8.75. The molecule has 204 valence electrons. The number of nitrogens with two attached hydrogens (primary N) is 1. The van der Waals surface area contributed by atoms with E-state index in [9.17, 15) is 9.90 Å². The SMILES string of the molecule is CCCCCCCCCCCCCCCCCCOc1ccc(O)c(C(=O)NN)c1.O=S(=O)(O)O. The van der Waals surface area contributed by atoms with Crippen LogP contribution in [0.2, 0.25) is 0 Å². The molecule has 0 saturated carbocycles. The lowest BCUT2D eigenvalue weighted by atomic mass is 10.0. The van der Waals surface area contributed by atoms with E-state index in [1.807, 2.05) is 5.43 Å². The number of hydrazine groups is 1. The maximum atomic E-state index is 11.6. The van der Waals surface area contributed by atoms with Crippen LogP contribution in [0.4, 0.5) is 0 Å². The standard InChI is InChI=1S/C25H44N2O3.H2O4S/c1-2-3-4-5-6-7-8-9-10-11-12-13-14-15-16-17-20-30-22-18-19-24(28)23(21-22)25(29)27-26;1-5(2,3)4/h18-19,21,28H,2-17,20,26H2,1H3,(H,27,29);(H2,1,2,3,4). The monoisotopic (exact) mass is 518 g/mol. The van der Waals surface area contributed by atoms with Gasteiger partial charge in [-0.25, -0.2) is 5.84 Å².